The topological polar surface area (TPSA) is 77.4 Å². The summed E-state index contributed by atoms with van der Waals surface area (Å²) in [6.45, 7) is 7.02. The summed E-state index contributed by atoms with van der Waals surface area (Å²) < 4.78 is 37.8. The Morgan fingerprint density at radius 3 is 1.33 bits per heavy atom. The molecule has 0 aromatic heterocycles. The molecule has 0 amide bonds. The minimum Gasteiger partial charge on any atom is -0.726 e. The van der Waals surface area contributed by atoms with Crippen LogP contribution in [0.15, 0.2) is 0 Å². The molecule has 92 valence electrons. The van der Waals surface area contributed by atoms with Gasteiger partial charge in [0.05, 0.1) is 0 Å². The fraction of sp³-hybridized carbons (Fsp3) is 1.00. The van der Waals surface area contributed by atoms with Crippen LogP contribution >= 0.6 is 0 Å². The van der Waals surface area contributed by atoms with Crippen LogP contribution < -0.4 is 0 Å². The molecule has 0 radical (unpaired) electrons. The molecule has 0 rings (SSSR count). The van der Waals surface area contributed by atoms with Crippen molar-refractivity contribution in [2.24, 2.45) is 0 Å². The number of hydrogen-bond donors (Lipinski definition) is 1. The van der Waals surface area contributed by atoms with Gasteiger partial charge in [-0.1, -0.05) is 0 Å². The van der Waals surface area contributed by atoms with Gasteiger partial charge in [-0.3, -0.25) is 4.55 Å². The van der Waals surface area contributed by atoms with E-state index < -0.39 is 30.2 Å². The molecule has 0 heterocycles. The quantitative estimate of drug-likeness (QED) is 0.456. The third-order valence-corrected chi connectivity index (χ3v) is 12.1. The summed E-state index contributed by atoms with van der Waals surface area (Å²) >= 11 is -0.759. The van der Waals surface area contributed by atoms with Crippen LogP contribution in [0.5, 0.6) is 0 Å². The van der Waals surface area contributed by atoms with Crippen LogP contribution in [-0.2, 0) is 10.4 Å². The summed E-state index contributed by atoms with van der Waals surface area (Å²) in [6.07, 6.45) is 4.36. The van der Waals surface area contributed by atoms with Gasteiger partial charge in [0.25, 0.3) is 0 Å². The molecule has 0 fully saturated rings. The molecule has 0 unspecified atom stereocenters. The number of rotatable bonds is 6. The van der Waals surface area contributed by atoms with Gasteiger partial charge in [0.1, 0.15) is 0 Å². The van der Waals surface area contributed by atoms with Gasteiger partial charge in [-0.05, 0) is 0 Å². The maximum atomic E-state index is 8.63. The zero-order valence-corrected chi connectivity index (χ0v) is 13.5. The van der Waals surface area contributed by atoms with Crippen LogP contribution in [0, 0.1) is 0 Å². The van der Waals surface area contributed by atoms with E-state index in [-0.39, 0.29) is 0 Å². The Labute approximate surface area is 101 Å². The SMILES string of the molecule is CC[CH2][Sn+]([CH2]CC)[CH2]CC.O=S(=O)([O-])O. The standard InChI is InChI=1S/3C3H7.H2O4S.Sn/c3*1-3-2;1-5(2,3)4;/h3*1,3H2,2H3;(H2,1,2,3,4);/q;;;;+1/p-1. The zero-order chi connectivity index (χ0) is 12.3. The van der Waals surface area contributed by atoms with Gasteiger partial charge >= 0.3 is 73.1 Å². The molecule has 0 spiro atoms. The molecule has 0 aromatic carbocycles. The molecule has 1 N–H and O–H groups in total. The summed E-state index contributed by atoms with van der Waals surface area (Å²) in [5.74, 6) is 0. The van der Waals surface area contributed by atoms with Crippen LogP contribution in [0.3, 0.4) is 0 Å². The minimum atomic E-state index is -4.92. The van der Waals surface area contributed by atoms with Crippen molar-refractivity contribution in [1.29, 1.82) is 0 Å². The van der Waals surface area contributed by atoms with Crippen molar-refractivity contribution >= 4 is 30.2 Å². The monoisotopic (exact) mass is 346 g/mol. The average Bonchev–Trinajstić information content (AvgIpc) is 2.02. The predicted molar refractivity (Wildman–Crippen MR) is 63.4 cm³/mol. The molecule has 0 bridgehead atoms. The first-order valence-corrected chi connectivity index (χ1v) is 12.8. The summed E-state index contributed by atoms with van der Waals surface area (Å²) in [5.41, 5.74) is 0. The Hall–Kier alpha value is 0.669. The molecular formula is C9H22O4SSn. The van der Waals surface area contributed by atoms with Crippen molar-refractivity contribution in [3.8, 4) is 0 Å². The molecule has 0 aliphatic heterocycles. The van der Waals surface area contributed by atoms with Crippen molar-refractivity contribution in [2.75, 3.05) is 0 Å². The van der Waals surface area contributed by atoms with E-state index in [0.717, 1.165) is 0 Å². The Kier molecular flexibility index (Phi) is 13.4. The van der Waals surface area contributed by atoms with Crippen molar-refractivity contribution in [3.05, 3.63) is 0 Å². The largest absolute Gasteiger partial charge is 0.726 e. The van der Waals surface area contributed by atoms with Crippen molar-refractivity contribution in [2.45, 2.75) is 53.3 Å². The van der Waals surface area contributed by atoms with Crippen molar-refractivity contribution < 1.29 is 17.5 Å². The first-order valence-electron chi connectivity index (χ1n) is 5.36. The van der Waals surface area contributed by atoms with Crippen LogP contribution in [0.1, 0.15) is 40.0 Å². The van der Waals surface area contributed by atoms with Gasteiger partial charge in [0.15, 0.2) is 0 Å². The van der Waals surface area contributed by atoms with Gasteiger partial charge < -0.3 is 4.55 Å². The molecule has 0 saturated heterocycles. The maximum Gasteiger partial charge on any atom is 0.215 e. The van der Waals surface area contributed by atoms with E-state index >= 15 is 0 Å². The van der Waals surface area contributed by atoms with E-state index in [1.54, 1.807) is 13.3 Å². The van der Waals surface area contributed by atoms with Gasteiger partial charge in [-0.2, -0.15) is 0 Å². The van der Waals surface area contributed by atoms with Crippen molar-refractivity contribution in [1.82, 2.24) is 0 Å². The molecule has 6 heteroatoms. The van der Waals surface area contributed by atoms with E-state index in [1.807, 2.05) is 0 Å². The fourth-order valence-electron chi connectivity index (χ4n) is 1.44. The second-order valence-corrected chi connectivity index (χ2v) is 12.8. The Balaban J connectivity index is 0. The first-order chi connectivity index (χ1) is 6.85. The maximum absolute atomic E-state index is 8.63. The van der Waals surface area contributed by atoms with Gasteiger partial charge in [-0.15, -0.1) is 0 Å². The van der Waals surface area contributed by atoms with Gasteiger partial charge in [0, 0.05) is 0 Å². The minimum absolute atomic E-state index is 0.759. The molecule has 15 heavy (non-hydrogen) atoms. The second kappa shape index (κ2) is 11.2. The van der Waals surface area contributed by atoms with Crippen LogP contribution in [0.25, 0.3) is 0 Å². The Bertz CT molecular complexity index is 194. The van der Waals surface area contributed by atoms with Crippen LogP contribution in [0.4, 0.5) is 0 Å². The Morgan fingerprint density at radius 2 is 1.20 bits per heavy atom. The van der Waals surface area contributed by atoms with Crippen LogP contribution in [-0.4, -0.2) is 37.3 Å². The average molecular weight is 345 g/mol. The zero-order valence-electron chi connectivity index (χ0n) is 9.82. The summed E-state index contributed by atoms with van der Waals surface area (Å²) in [5, 5.41) is 0. The van der Waals surface area contributed by atoms with Crippen LogP contribution in [0.2, 0.25) is 13.3 Å². The van der Waals surface area contributed by atoms with E-state index in [0.29, 0.717) is 0 Å². The number of hydrogen-bond acceptors (Lipinski definition) is 3. The smallest absolute Gasteiger partial charge is 0.215 e. The molecule has 0 aromatic rings. The van der Waals surface area contributed by atoms with Gasteiger partial charge in [-0.25, -0.2) is 8.42 Å². The van der Waals surface area contributed by atoms with E-state index in [2.05, 4.69) is 20.8 Å². The first kappa shape index (κ1) is 18.0. The normalized spacial score (nSPS) is 10.5. The van der Waals surface area contributed by atoms with Gasteiger partial charge in [0.2, 0.25) is 10.4 Å². The predicted octanol–water partition coefficient (Wildman–Crippen LogP) is 2.72. The Morgan fingerprint density at radius 1 is 1.00 bits per heavy atom. The summed E-state index contributed by atoms with van der Waals surface area (Å²) in [7, 11) is -4.92. The summed E-state index contributed by atoms with van der Waals surface area (Å²) in [6, 6.07) is 0. The fourth-order valence-corrected chi connectivity index (χ4v) is 9.63. The third kappa shape index (κ3) is 25.2. The summed E-state index contributed by atoms with van der Waals surface area (Å²) in [4.78, 5) is 0. The molecule has 0 aliphatic rings. The molecule has 0 aliphatic carbocycles. The third-order valence-electron chi connectivity index (χ3n) is 1.81. The molecule has 0 atom stereocenters. The van der Waals surface area contributed by atoms with E-state index in [1.165, 1.54) is 19.3 Å². The molecular weight excluding hydrogens is 323 g/mol. The van der Waals surface area contributed by atoms with E-state index in [9.17, 15) is 0 Å². The van der Waals surface area contributed by atoms with Crippen molar-refractivity contribution in [3.63, 3.8) is 0 Å². The second-order valence-electron chi connectivity index (χ2n) is 3.43. The molecule has 0 saturated carbocycles. The van der Waals surface area contributed by atoms with E-state index in [4.69, 9.17) is 17.5 Å². The molecule has 4 nitrogen and oxygen atoms in total.